The number of carbonyl (C=O) groups excluding carboxylic acids is 1. The van der Waals surface area contributed by atoms with Crippen LogP contribution in [0.1, 0.15) is 61.5 Å². The Kier molecular flexibility index (Phi) is 6.39. The van der Waals surface area contributed by atoms with Gasteiger partial charge in [-0.1, -0.05) is 11.2 Å². The number of fused-ring (bicyclic) bond motifs is 1. The van der Waals surface area contributed by atoms with Gasteiger partial charge in [-0.05, 0) is 81.5 Å². The summed E-state index contributed by atoms with van der Waals surface area (Å²) < 4.78 is 32.5. The van der Waals surface area contributed by atoms with Gasteiger partial charge < -0.3 is 18.6 Å². The van der Waals surface area contributed by atoms with Crippen LogP contribution in [0.5, 0.6) is 0 Å². The molecule has 1 saturated carbocycles. The topological polar surface area (TPSA) is 82.6 Å². The zero-order chi connectivity index (χ0) is 26.4. The molecule has 1 atom stereocenters. The van der Waals surface area contributed by atoms with Crippen molar-refractivity contribution in [1.29, 1.82) is 0 Å². The van der Waals surface area contributed by atoms with Crippen LogP contribution in [0.4, 0.5) is 14.9 Å². The van der Waals surface area contributed by atoms with Crippen molar-refractivity contribution in [1.82, 2.24) is 14.7 Å². The molecule has 2 aromatic heterocycles. The van der Waals surface area contributed by atoms with E-state index in [1.54, 1.807) is 24.1 Å². The third-order valence-corrected chi connectivity index (χ3v) is 7.91. The summed E-state index contributed by atoms with van der Waals surface area (Å²) in [5.74, 6) is 1.22. The number of amides is 1. The molecule has 0 radical (unpaired) electrons. The van der Waals surface area contributed by atoms with E-state index in [0.717, 1.165) is 65.1 Å². The van der Waals surface area contributed by atoms with Gasteiger partial charge in [0.05, 0.1) is 29.4 Å². The summed E-state index contributed by atoms with van der Waals surface area (Å²) in [5, 5.41) is 4.12. The van der Waals surface area contributed by atoms with Gasteiger partial charge in [-0.3, -0.25) is 4.90 Å². The zero-order valence-corrected chi connectivity index (χ0v) is 21.8. The van der Waals surface area contributed by atoms with Crippen LogP contribution < -0.4 is 4.90 Å². The fraction of sp³-hybridized carbons (Fsp3) is 0.414. The third-order valence-electron chi connectivity index (χ3n) is 7.91. The lowest BCUT2D eigenvalue weighted by Gasteiger charge is -2.37. The van der Waals surface area contributed by atoms with Gasteiger partial charge in [0, 0.05) is 30.8 Å². The third kappa shape index (κ3) is 4.24. The molecule has 3 heterocycles. The molecule has 0 N–H and O–H groups in total. The van der Waals surface area contributed by atoms with Gasteiger partial charge in [-0.2, -0.15) is 0 Å². The molecule has 1 aliphatic carbocycles. The molecule has 2 aromatic carbocycles. The minimum absolute atomic E-state index is 0.222. The predicted octanol–water partition coefficient (Wildman–Crippen LogP) is 6.67. The van der Waals surface area contributed by atoms with Gasteiger partial charge in [0.2, 0.25) is 0 Å². The number of halogens is 1. The molecule has 0 unspecified atom stereocenters. The maximum Gasteiger partial charge on any atom is 0.414 e. The lowest BCUT2D eigenvalue weighted by atomic mass is 9.92. The Hall–Kier alpha value is -3.72. The van der Waals surface area contributed by atoms with Crippen LogP contribution in [0.3, 0.4) is 0 Å². The van der Waals surface area contributed by atoms with E-state index in [9.17, 15) is 9.18 Å². The van der Waals surface area contributed by atoms with E-state index >= 15 is 0 Å². The van der Waals surface area contributed by atoms with Crippen molar-refractivity contribution in [3.63, 3.8) is 0 Å². The summed E-state index contributed by atoms with van der Waals surface area (Å²) in [7, 11) is 1.77. The first-order valence-corrected chi connectivity index (χ1v) is 13.1. The van der Waals surface area contributed by atoms with Crippen molar-refractivity contribution in [2.24, 2.45) is 0 Å². The first-order valence-electron chi connectivity index (χ1n) is 13.1. The van der Waals surface area contributed by atoms with Crippen LogP contribution in [0.2, 0.25) is 0 Å². The molecule has 1 saturated heterocycles. The highest BCUT2D eigenvalue weighted by atomic mass is 19.1. The van der Waals surface area contributed by atoms with Gasteiger partial charge in [-0.15, -0.1) is 0 Å². The zero-order valence-electron chi connectivity index (χ0n) is 21.8. The molecule has 9 heteroatoms. The average Bonchev–Trinajstić information content (AvgIpc) is 3.48. The number of ether oxygens (including phenoxy) is 2. The summed E-state index contributed by atoms with van der Waals surface area (Å²) in [6.07, 6.45) is 4.22. The van der Waals surface area contributed by atoms with Gasteiger partial charge in [-0.25, -0.2) is 14.2 Å². The van der Waals surface area contributed by atoms with Crippen LogP contribution in [0, 0.1) is 19.7 Å². The molecule has 1 amide bonds. The monoisotopic (exact) mass is 518 g/mol. The minimum Gasteiger partial charge on any atom is -0.449 e. The van der Waals surface area contributed by atoms with E-state index in [4.69, 9.17) is 19.0 Å². The number of methoxy groups -OCH3 is 1. The van der Waals surface area contributed by atoms with Crippen LogP contribution >= 0.6 is 0 Å². The Labute approximate surface area is 220 Å². The number of aromatic nitrogens is 3. The fourth-order valence-electron chi connectivity index (χ4n) is 6.04. The largest absolute Gasteiger partial charge is 0.449 e. The van der Waals surface area contributed by atoms with E-state index < -0.39 is 6.09 Å². The van der Waals surface area contributed by atoms with E-state index in [1.165, 1.54) is 12.1 Å². The lowest BCUT2D eigenvalue weighted by Crippen LogP contribution is -2.42. The standard InChI is InChI=1S/C29H31FN4O4/c1-17-27(18(2)38-32-17)19-4-13-25-24(16-19)31-28(33(25)21-9-11-23(36-3)12-10-21)26-14-15-37-29(35)34(26)22-7-5-20(30)6-8-22/h4-8,13,16,21,23,26H,9-12,14-15H2,1-3H3/t21?,23?,26-/m0/s1. The summed E-state index contributed by atoms with van der Waals surface area (Å²) in [6, 6.07) is 12.1. The summed E-state index contributed by atoms with van der Waals surface area (Å²) in [6.45, 7) is 4.14. The first-order chi connectivity index (χ1) is 18.4. The molecule has 2 fully saturated rings. The average molecular weight is 519 g/mol. The Morgan fingerprint density at radius 1 is 1.03 bits per heavy atom. The van der Waals surface area contributed by atoms with E-state index in [0.29, 0.717) is 18.7 Å². The summed E-state index contributed by atoms with van der Waals surface area (Å²) in [5.41, 5.74) is 5.25. The molecule has 4 aromatic rings. The molecule has 2 aliphatic rings. The number of anilines is 1. The van der Waals surface area contributed by atoms with Crippen molar-refractivity contribution in [3.8, 4) is 11.1 Å². The fourth-order valence-corrected chi connectivity index (χ4v) is 6.04. The van der Waals surface area contributed by atoms with Gasteiger partial charge in [0.1, 0.15) is 23.4 Å². The normalized spacial score (nSPS) is 22.2. The van der Waals surface area contributed by atoms with Crippen molar-refractivity contribution < 1.29 is 23.2 Å². The maximum absolute atomic E-state index is 13.7. The summed E-state index contributed by atoms with van der Waals surface area (Å²) >= 11 is 0. The number of rotatable bonds is 5. The number of imidazole rings is 1. The molecule has 38 heavy (non-hydrogen) atoms. The molecule has 0 spiro atoms. The Morgan fingerprint density at radius 2 is 1.79 bits per heavy atom. The number of cyclic esters (lactones) is 1. The maximum atomic E-state index is 13.7. The molecular formula is C29H31FN4O4. The van der Waals surface area contributed by atoms with Crippen molar-refractivity contribution in [2.45, 2.75) is 64.1 Å². The minimum atomic E-state index is -0.453. The second-order valence-electron chi connectivity index (χ2n) is 10.2. The van der Waals surface area contributed by atoms with E-state index in [1.807, 2.05) is 13.8 Å². The number of nitrogens with zero attached hydrogens (tertiary/aromatic N) is 4. The highest BCUT2D eigenvalue weighted by Gasteiger charge is 2.37. The van der Waals surface area contributed by atoms with Gasteiger partial charge in [0.15, 0.2) is 0 Å². The number of carbonyl (C=O) groups is 1. The van der Waals surface area contributed by atoms with E-state index in [2.05, 4.69) is 27.9 Å². The lowest BCUT2D eigenvalue weighted by molar-refractivity contribution is 0.0582. The highest BCUT2D eigenvalue weighted by Crippen LogP contribution is 2.41. The molecular weight excluding hydrogens is 487 g/mol. The van der Waals surface area contributed by atoms with Crippen LogP contribution in [-0.4, -0.2) is 40.6 Å². The quantitative estimate of drug-likeness (QED) is 0.294. The van der Waals surface area contributed by atoms with Crippen molar-refractivity contribution in [2.75, 3.05) is 18.6 Å². The molecule has 0 bridgehead atoms. The van der Waals surface area contributed by atoms with Crippen molar-refractivity contribution >= 4 is 22.8 Å². The highest BCUT2D eigenvalue weighted by molar-refractivity contribution is 5.90. The number of hydrogen-bond acceptors (Lipinski definition) is 6. The predicted molar refractivity (Wildman–Crippen MR) is 141 cm³/mol. The second-order valence-corrected chi connectivity index (χ2v) is 10.2. The first kappa shape index (κ1) is 24.6. The smallest absolute Gasteiger partial charge is 0.414 e. The van der Waals surface area contributed by atoms with Crippen LogP contribution in [0.15, 0.2) is 47.0 Å². The Bertz CT molecular complexity index is 1450. The number of hydrogen-bond donors (Lipinski definition) is 0. The Balaban J connectivity index is 1.49. The number of aryl methyl sites for hydroxylation is 2. The van der Waals surface area contributed by atoms with Gasteiger partial charge in [0.25, 0.3) is 0 Å². The van der Waals surface area contributed by atoms with E-state index in [-0.39, 0.29) is 24.0 Å². The van der Waals surface area contributed by atoms with Crippen LogP contribution in [0.25, 0.3) is 22.2 Å². The number of benzene rings is 2. The molecule has 6 rings (SSSR count). The molecule has 8 nitrogen and oxygen atoms in total. The van der Waals surface area contributed by atoms with Gasteiger partial charge >= 0.3 is 6.09 Å². The van der Waals surface area contributed by atoms with Crippen LogP contribution in [-0.2, 0) is 9.47 Å². The molecule has 1 aliphatic heterocycles. The van der Waals surface area contributed by atoms with Crippen molar-refractivity contribution in [3.05, 3.63) is 65.6 Å². The SMILES string of the molecule is COC1CCC(n2c([C@@H]3CCOC(=O)N3c3ccc(F)cc3)nc3cc(-c4c(C)noc4C)ccc32)CC1. The summed E-state index contributed by atoms with van der Waals surface area (Å²) in [4.78, 5) is 19.8. The second kappa shape index (κ2) is 9.87. The Morgan fingerprint density at radius 3 is 2.47 bits per heavy atom. The molecule has 198 valence electrons.